The van der Waals surface area contributed by atoms with Crippen LogP contribution in [0.15, 0.2) is 24.8 Å². The Balaban J connectivity index is 1.68. The summed E-state index contributed by atoms with van der Waals surface area (Å²) in [5.74, 6) is 0.857. The van der Waals surface area contributed by atoms with E-state index in [1.54, 1.807) is 6.33 Å². The molecule has 0 aromatic carbocycles. The van der Waals surface area contributed by atoms with Crippen LogP contribution < -0.4 is 5.32 Å². The zero-order valence-electron chi connectivity index (χ0n) is 8.63. The topological polar surface area (TPSA) is 37.8 Å². The molecule has 1 aromatic rings. The molecular formula is C12H15N3. The minimum atomic E-state index is 0.573. The Morgan fingerprint density at radius 2 is 2.13 bits per heavy atom. The van der Waals surface area contributed by atoms with Crippen molar-refractivity contribution in [2.24, 2.45) is 5.92 Å². The Morgan fingerprint density at radius 1 is 1.27 bits per heavy atom. The van der Waals surface area contributed by atoms with E-state index in [1.165, 1.54) is 19.3 Å². The summed E-state index contributed by atoms with van der Waals surface area (Å²) in [5.41, 5.74) is 1.09. The van der Waals surface area contributed by atoms with E-state index >= 15 is 0 Å². The van der Waals surface area contributed by atoms with Crippen LogP contribution in [0.4, 0.5) is 0 Å². The highest BCUT2D eigenvalue weighted by atomic mass is 15.0. The second-order valence-corrected chi connectivity index (χ2v) is 4.49. The van der Waals surface area contributed by atoms with Crippen LogP contribution in [0.1, 0.15) is 24.8 Å². The second-order valence-electron chi connectivity index (χ2n) is 4.49. The number of aromatic nitrogens is 2. The maximum atomic E-state index is 4.00. The van der Waals surface area contributed by atoms with E-state index in [0.29, 0.717) is 6.04 Å². The van der Waals surface area contributed by atoms with Gasteiger partial charge in [0.2, 0.25) is 0 Å². The molecule has 2 fully saturated rings. The summed E-state index contributed by atoms with van der Waals surface area (Å²) in [4.78, 5) is 7.99. The van der Waals surface area contributed by atoms with Crippen LogP contribution in [-0.2, 0) is 0 Å². The largest absolute Gasteiger partial charge is 0.307 e. The van der Waals surface area contributed by atoms with Crippen molar-refractivity contribution >= 4 is 6.08 Å². The van der Waals surface area contributed by atoms with Crippen LogP contribution in [0.5, 0.6) is 0 Å². The first kappa shape index (κ1) is 9.04. The number of hydrogen-bond acceptors (Lipinski definition) is 3. The van der Waals surface area contributed by atoms with Crippen LogP contribution in [-0.4, -0.2) is 22.1 Å². The summed E-state index contributed by atoms with van der Waals surface area (Å²) < 4.78 is 0. The van der Waals surface area contributed by atoms with Gasteiger partial charge in [0.05, 0.1) is 0 Å². The Morgan fingerprint density at radius 3 is 2.80 bits per heavy atom. The molecule has 15 heavy (non-hydrogen) atoms. The fourth-order valence-corrected chi connectivity index (χ4v) is 2.73. The minimum absolute atomic E-state index is 0.573. The SMILES string of the molecule is C(=CC1NC2CCC1C2)c1cncnc1. The van der Waals surface area contributed by atoms with E-state index in [2.05, 4.69) is 27.4 Å². The molecule has 2 bridgehead atoms. The van der Waals surface area contributed by atoms with Crippen LogP contribution in [0.2, 0.25) is 0 Å². The van der Waals surface area contributed by atoms with Gasteiger partial charge in [0.15, 0.2) is 0 Å². The van der Waals surface area contributed by atoms with E-state index in [9.17, 15) is 0 Å². The molecule has 78 valence electrons. The molecule has 3 unspecified atom stereocenters. The molecule has 0 spiro atoms. The van der Waals surface area contributed by atoms with Gasteiger partial charge in [0.1, 0.15) is 6.33 Å². The zero-order chi connectivity index (χ0) is 10.1. The molecule has 2 heterocycles. The maximum absolute atomic E-state index is 4.00. The lowest BCUT2D eigenvalue weighted by atomic mass is 9.99. The number of nitrogens with one attached hydrogen (secondary N) is 1. The predicted molar refractivity (Wildman–Crippen MR) is 59.1 cm³/mol. The molecular weight excluding hydrogens is 186 g/mol. The highest BCUT2D eigenvalue weighted by Crippen LogP contribution is 2.35. The molecule has 0 amide bonds. The summed E-state index contributed by atoms with van der Waals surface area (Å²) in [7, 11) is 0. The molecule has 1 saturated carbocycles. The summed E-state index contributed by atoms with van der Waals surface area (Å²) in [6, 6.07) is 1.35. The van der Waals surface area contributed by atoms with Gasteiger partial charge in [0, 0.05) is 30.0 Å². The van der Waals surface area contributed by atoms with Crippen molar-refractivity contribution in [3.63, 3.8) is 0 Å². The van der Waals surface area contributed by atoms with Gasteiger partial charge < -0.3 is 5.32 Å². The third-order valence-corrected chi connectivity index (χ3v) is 3.49. The molecule has 0 radical (unpaired) electrons. The Bertz CT molecular complexity index is 360. The van der Waals surface area contributed by atoms with E-state index in [4.69, 9.17) is 0 Å². The molecule has 1 aromatic heterocycles. The van der Waals surface area contributed by atoms with Crippen molar-refractivity contribution in [2.75, 3.05) is 0 Å². The molecule has 1 N–H and O–H groups in total. The average molecular weight is 201 g/mol. The lowest BCUT2D eigenvalue weighted by Crippen LogP contribution is -2.33. The van der Waals surface area contributed by atoms with Crippen molar-refractivity contribution < 1.29 is 0 Å². The van der Waals surface area contributed by atoms with Crippen molar-refractivity contribution in [3.8, 4) is 0 Å². The van der Waals surface area contributed by atoms with Crippen molar-refractivity contribution in [2.45, 2.75) is 31.3 Å². The molecule has 3 atom stereocenters. The molecule has 2 aliphatic rings. The number of nitrogens with zero attached hydrogens (tertiary/aromatic N) is 2. The van der Waals surface area contributed by atoms with Gasteiger partial charge >= 0.3 is 0 Å². The third-order valence-electron chi connectivity index (χ3n) is 3.49. The summed E-state index contributed by atoms with van der Waals surface area (Å²) in [6.07, 6.45) is 13.8. The molecule has 1 aliphatic carbocycles. The maximum Gasteiger partial charge on any atom is 0.115 e. The van der Waals surface area contributed by atoms with Crippen LogP contribution in [0.3, 0.4) is 0 Å². The van der Waals surface area contributed by atoms with Crippen molar-refractivity contribution in [1.29, 1.82) is 0 Å². The summed E-state index contributed by atoms with van der Waals surface area (Å²) in [5, 5.41) is 3.63. The van der Waals surface area contributed by atoms with Gasteiger partial charge in [-0.3, -0.25) is 0 Å². The van der Waals surface area contributed by atoms with E-state index < -0.39 is 0 Å². The van der Waals surface area contributed by atoms with Crippen LogP contribution in [0, 0.1) is 5.92 Å². The van der Waals surface area contributed by atoms with Gasteiger partial charge in [0.25, 0.3) is 0 Å². The Kier molecular flexibility index (Phi) is 2.25. The number of piperidine rings is 1. The van der Waals surface area contributed by atoms with Gasteiger partial charge in [-0.1, -0.05) is 12.2 Å². The monoisotopic (exact) mass is 201 g/mol. The lowest BCUT2D eigenvalue weighted by molar-refractivity contribution is 0.437. The molecule has 3 rings (SSSR count). The van der Waals surface area contributed by atoms with Crippen LogP contribution >= 0.6 is 0 Å². The smallest absolute Gasteiger partial charge is 0.115 e. The zero-order valence-corrected chi connectivity index (χ0v) is 8.63. The van der Waals surface area contributed by atoms with E-state index in [1.807, 2.05) is 12.4 Å². The van der Waals surface area contributed by atoms with Gasteiger partial charge in [-0.15, -0.1) is 0 Å². The summed E-state index contributed by atoms with van der Waals surface area (Å²) >= 11 is 0. The fourth-order valence-electron chi connectivity index (χ4n) is 2.73. The van der Waals surface area contributed by atoms with Gasteiger partial charge in [-0.05, 0) is 25.2 Å². The fraction of sp³-hybridized carbons (Fsp3) is 0.500. The molecule has 3 nitrogen and oxygen atoms in total. The standard InChI is InChI=1S/C12H15N3/c1(9-6-13-8-14-7-9)4-12-10-2-3-11(5-10)15-12/h1,4,6-8,10-12,15H,2-3,5H2. The molecule has 3 heteroatoms. The van der Waals surface area contributed by atoms with E-state index in [0.717, 1.165) is 17.5 Å². The summed E-state index contributed by atoms with van der Waals surface area (Å²) in [6.45, 7) is 0. The first-order chi connectivity index (χ1) is 7.42. The quantitative estimate of drug-likeness (QED) is 0.790. The molecule has 1 aliphatic heterocycles. The average Bonchev–Trinajstić information content (AvgIpc) is 2.89. The van der Waals surface area contributed by atoms with Crippen molar-refractivity contribution in [1.82, 2.24) is 15.3 Å². The minimum Gasteiger partial charge on any atom is -0.307 e. The first-order valence-corrected chi connectivity index (χ1v) is 5.61. The van der Waals surface area contributed by atoms with Gasteiger partial charge in [-0.2, -0.15) is 0 Å². The van der Waals surface area contributed by atoms with Crippen molar-refractivity contribution in [3.05, 3.63) is 30.4 Å². The number of fused-ring (bicyclic) bond motifs is 2. The highest BCUT2D eigenvalue weighted by Gasteiger charge is 2.37. The molecule has 1 saturated heterocycles. The first-order valence-electron chi connectivity index (χ1n) is 5.61. The number of hydrogen-bond donors (Lipinski definition) is 1. The number of rotatable bonds is 2. The lowest BCUT2D eigenvalue weighted by Gasteiger charge is -2.19. The highest BCUT2D eigenvalue weighted by molar-refractivity contribution is 5.47. The second kappa shape index (κ2) is 3.74. The van der Waals surface area contributed by atoms with E-state index in [-0.39, 0.29) is 0 Å². The van der Waals surface area contributed by atoms with Gasteiger partial charge in [-0.25, -0.2) is 9.97 Å². The predicted octanol–water partition coefficient (Wildman–Crippen LogP) is 1.63. The normalized spacial score (nSPS) is 34.0. The Hall–Kier alpha value is -1.22. The third kappa shape index (κ3) is 1.79. The Labute approximate surface area is 89.6 Å². The van der Waals surface area contributed by atoms with Crippen LogP contribution in [0.25, 0.3) is 6.08 Å².